The third-order valence-electron chi connectivity index (χ3n) is 2.58. The van der Waals surface area contributed by atoms with E-state index in [4.69, 9.17) is 0 Å². The lowest BCUT2D eigenvalue weighted by Gasteiger charge is -2.12. The molecular weight excluding hydrogens is 321 g/mol. The monoisotopic (exact) mass is 333 g/mol. The molecule has 6 heteroatoms. The smallest absolute Gasteiger partial charge is 0.293 e. The third-order valence-corrected chi connectivity index (χ3v) is 3.25. The van der Waals surface area contributed by atoms with E-state index in [9.17, 15) is 10.1 Å². The van der Waals surface area contributed by atoms with Gasteiger partial charge in [0.25, 0.3) is 5.69 Å². The molecule has 5 nitrogen and oxygen atoms in total. The quantitative estimate of drug-likeness (QED) is 0.504. The number of hydrogen-bond acceptors (Lipinski definition) is 4. The fourth-order valence-electron chi connectivity index (χ4n) is 1.78. The molecule has 1 unspecified atom stereocenters. The molecule has 0 spiro atoms. The van der Waals surface area contributed by atoms with Crippen molar-refractivity contribution in [1.29, 1.82) is 0 Å². The van der Waals surface area contributed by atoms with E-state index in [2.05, 4.69) is 33.2 Å². The van der Waals surface area contributed by atoms with Crippen molar-refractivity contribution in [2.45, 2.75) is 12.5 Å². The minimum atomic E-state index is -0.340. The fraction of sp³-hybridized carbons (Fsp3) is 0.400. The van der Waals surface area contributed by atoms with Gasteiger partial charge < -0.3 is 10.6 Å². The first-order chi connectivity index (χ1) is 7.66. The Morgan fingerprint density at radius 1 is 1.56 bits per heavy atom. The van der Waals surface area contributed by atoms with Crippen molar-refractivity contribution in [3.05, 3.63) is 31.9 Å². The van der Waals surface area contributed by atoms with E-state index in [1.807, 2.05) is 6.07 Å². The standard InChI is InChI=1S/C10H12IN3O2/c11-7-1-2-9(10(5-7)14(15)16)13-8-3-4-12-6-8/h1-2,5,8,12-13H,3-4,6H2. The maximum Gasteiger partial charge on any atom is 0.293 e. The number of rotatable bonds is 3. The number of nitrogens with zero attached hydrogens (tertiary/aromatic N) is 1. The SMILES string of the molecule is O=[N+]([O-])c1cc(I)ccc1NC1CCNC1. The molecule has 0 bridgehead atoms. The van der Waals surface area contributed by atoms with E-state index in [1.54, 1.807) is 12.1 Å². The van der Waals surface area contributed by atoms with Crippen molar-refractivity contribution in [3.63, 3.8) is 0 Å². The van der Waals surface area contributed by atoms with E-state index in [0.29, 0.717) is 11.7 Å². The topological polar surface area (TPSA) is 67.2 Å². The average Bonchev–Trinajstić information content (AvgIpc) is 2.73. The summed E-state index contributed by atoms with van der Waals surface area (Å²) in [6.45, 7) is 1.83. The summed E-state index contributed by atoms with van der Waals surface area (Å²) >= 11 is 2.08. The molecule has 1 aromatic carbocycles. The molecule has 0 radical (unpaired) electrons. The third kappa shape index (κ3) is 2.62. The molecule has 1 aliphatic rings. The summed E-state index contributed by atoms with van der Waals surface area (Å²) in [5.41, 5.74) is 0.762. The van der Waals surface area contributed by atoms with Crippen LogP contribution in [0.2, 0.25) is 0 Å². The number of benzene rings is 1. The van der Waals surface area contributed by atoms with Gasteiger partial charge >= 0.3 is 0 Å². The summed E-state index contributed by atoms with van der Waals surface area (Å²) in [6.07, 6.45) is 1.00. The molecule has 2 rings (SSSR count). The summed E-state index contributed by atoms with van der Waals surface area (Å²) in [6, 6.07) is 5.53. The Kier molecular flexibility index (Phi) is 3.59. The molecule has 0 amide bonds. The predicted octanol–water partition coefficient (Wildman–Crippen LogP) is 1.97. The number of halogens is 1. The maximum absolute atomic E-state index is 10.9. The second kappa shape index (κ2) is 4.96. The zero-order chi connectivity index (χ0) is 11.5. The normalized spacial score (nSPS) is 19.7. The van der Waals surface area contributed by atoms with Crippen molar-refractivity contribution in [2.24, 2.45) is 0 Å². The minimum absolute atomic E-state index is 0.152. The van der Waals surface area contributed by atoms with Gasteiger partial charge in [-0.3, -0.25) is 10.1 Å². The number of hydrogen-bond donors (Lipinski definition) is 2. The molecule has 0 aliphatic carbocycles. The summed E-state index contributed by atoms with van der Waals surface area (Å²) in [4.78, 5) is 10.6. The van der Waals surface area contributed by atoms with Crippen molar-refractivity contribution in [2.75, 3.05) is 18.4 Å². The van der Waals surface area contributed by atoms with Crippen LogP contribution in [0.5, 0.6) is 0 Å². The molecular formula is C10H12IN3O2. The minimum Gasteiger partial charge on any atom is -0.375 e. The van der Waals surface area contributed by atoms with Crippen LogP contribution in [-0.4, -0.2) is 24.1 Å². The molecule has 0 saturated carbocycles. The number of nitro groups is 1. The molecule has 1 aromatic rings. The Morgan fingerprint density at radius 3 is 3.00 bits per heavy atom. The molecule has 16 heavy (non-hydrogen) atoms. The highest BCUT2D eigenvalue weighted by Crippen LogP contribution is 2.27. The number of nitro benzene ring substituents is 1. The number of nitrogens with one attached hydrogen (secondary N) is 2. The van der Waals surface area contributed by atoms with Crippen LogP contribution in [0.25, 0.3) is 0 Å². The average molecular weight is 333 g/mol. The molecule has 86 valence electrons. The zero-order valence-corrected chi connectivity index (χ0v) is 10.7. The Balaban J connectivity index is 2.21. The maximum atomic E-state index is 10.9. The fourth-order valence-corrected chi connectivity index (χ4v) is 2.25. The van der Waals surface area contributed by atoms with Crippen LogP contribution in [0.4, 0.5) is 11.4 Å². The van der Waals surface area contributed by atoms with Gasteiger partial charge in [-0.2, -0.15) is 0 Å². The van der Waals surface area contributed by atoms with Gasteiger partial charge in [-0.05, 0) is 47.7 Å². The first-order valence-corrected chi connectivity index (χ1v) is 6.16. The van der Waals surface area contributed by atoms with Gasteiger partial charge in [-0.1, -0.05) is 0 Å². The van der Waals surface area contributed by atoms with E-state index >= 15 is 0 Å². The number of anilines is 1. The molecule has 2 N–H and O–H groups in total. The lowest BCUT2D eigenvalue weighted by atomic mass is 10.2. The molecule has 1 heterocycles. The summed E-state index contributed by atoms with van der Waals surface area (Å²) < 4.78 is 0.874. The summed E-state index contributed by atoms with van der Waals surface area (Å²) in [7, 11) is 0. The van der Waals surface area contributed by atoms with E-state index < -0.39 is 0 Å². The van der Waals surface area contributed by atoms with Crippen LogP contribution >= 0.6 is 22.6 Å². The molecule has 0 aromatic heterocycles. The van der Waals surface area contributed by atoms with Crippen LogP contribution in [0.1, 0.15) is 6.42 Å². The molecule has 1 aliphatic heterocycles. The van der Waals surface area contributed by atoms with E-state index in [-0.39, 0.29) is 10.6 Å². The lowest BCUT2D eigenvalue weighted by Crippen LogP contribution is -2.22. The van der Waals surface area contributed by atoms with Crippen LogP contribution in [-0.2, 0) is 0 Å². The van der Waals surface area contributed by atoms with E-state index in [1.165, 1.54) is 0 Å². The highest BCUT2D eigenvalue weighted by Gasteiger charge is 2.19. The Hall–Kier alpha value is -0.890. The van der Waals surface area contributed by atoms with Crippen molar-refractivity contribution >= 4 is 34.0 Å². The van der Waals surface area contributed by atoms with Crippen LogP contribution < -0.4 is 10.6 Å². The van der Waals surface area contributed by atoms with E-state index in [0.717, 1.165) is 23.1 Å². The summed E-state index contributed by atoms with van der Waals surface area (Å²) in [5, 5.41) is 17.3. The van der Waals surface area contributed by atoms with Gasteiger partial charge in [0.2, 0.25) is 0 Å². The van der Waals surface area contributed by atoms with Crippen LogP contribution in [0.15, 0.2) is 18.2 Å². The second-order valence-electron chi connectivity index (χ2n) is 3.75. The predicted molar refractivity (Wildman–Crippen MR) is 70.7 cm³/mol. The Bertz CT molecular complexity index is 405. The van der Waals surface area contributed by atoms with Gasteiger partial charge in [0, 0.05) is 22.2 Å². The lowest BCUT2D eigenvalue weighted by molar-refractivity contribution is -0.384. The van der Waals surface area contributed by atoms with Crippen LogP contribution in [0, 0.1) is 13.7 Å². The first kappa shape index (κ1) is 11.6. The molecule has 1 atom stereocenters. The highest BCUT2D eigenvalue weighted by atomic mass is 127. The molecule has 1 saturated heterocycles. The van der Waals surface area contributed by atoms with Crippen LogP contribution in [0.3, 0.4) is 0 Å². The Morgan fingerprint density at radius 2 is 2.38 bits per heavy atom. The first-order valence-electron chi connectivity index (χ1n) is 5.08. The van der Waals surface area contributed by atoms with Crippen molar-refractivity contribution in [1.82, 2.24) is 5.32 Å². The van der Waals surface area contributed by atoms with Crippen molar-refractivity contribution < 1.29 is 4.92 Å². The van der Waals surface area contributed by atoms with Gasteiger partial charge in [0.1, 0.15) is 5.69 Å². The Labute approximate surface area is 107 Å². The highest BCUT2D eigenvalue weighted by molar-refractivity contribution is 14.1. The zero-order valence-electron chi connectivity index (χ0n) is 8.57. The van der Waals surface area contributed by atoms with Crippen molar-refractivity contribution in [3.8, 4) is 0 Å². The summed E-state index contributed by atoms with van der Waals surface area (Å²) in [5.74, 6) is 0. The van der Waals surface area contributed by atoms with Gasteiger partial charge in [0.15, 0.2) is 0 Å². The van der Waals surface area contributed by atoms with Gasteiger partial charge in [-0.25, -0.2) is 0 Å². The molecule has 1 fully saturated rings. The largest absolute Gasteiger partial charge is 0.375 e. The van der Waals surface area contributed by atoms with Gasteiger partial charge in [-0.15, -0.1) is 0 Å². The second-order valence-corrected chi connectivity index (χ2v) is 5.00. The van der Waals surface area contributed by atoms with Gasteiger partial charge in [0.05, 0.1) is 4.92 Å².